The number of nitrogens with one attached hydrogen (secondary N) is 1. The third-order valence-electron chi connectivity index (χ3n) is 4.29. The van der Waals surface area contributed by atoms with Crippen molar-refractivity contribution in [3.63, 3.8) is 0 Å². The maximum absolute atomic E-state index is 12.7. The second-order valence-corrected chi connectivity index (χ2v) is 7.83. The van der Waals surface area contributed by atoms with Crippen LogP contribution in [0.2, 0.25) is 0 Å². The maximum Gasteiger partial charge on any atom is 0.241 e. The number of hydrogen-bond donors (Lipinski definition) is 1. The molecule has 1 N–H and O–H groups in total. The van der Waals surface area contributed by atoms with E-state index in [4.69, 9.17) is 4.74 Å². The van der Waals surface area contributed by atoms with E-state index < -0.39 is 10.0 Å². The SMILES string of the molecule is O=S(=O)(NCCCOc1cccc2nccn12)c1cccc2ccccc12. The topological polar surface area (TPSA) is 72.7 Å². The molecule has 0 saturated heterocycles. The van der Waals surface area contributed by atoms with Crippen LogP contribution in [0.5, 0.6) is 5.88 Å². The van der Waals surface area contributed by atoms with Gasteiger partial charge >= 0.3 is 0 Å². The standard InChI is InChI=1S/C20H19N3O3S/c24-27(25,18-9-3-7-16-6-1-2-8-17(16)18)22-12-5-15-26-20-11-4-10-19-21-13-14-23(19)20/h1-4,6-11,13-14,22H,5,12,15H2. The Balaban J connectivity index is 1.38. The van der Waals surface area contributed by atoms with Crippen molar-refractivity contribution < 1.29 is 13.2 Å². The van der Waals surface area contributed by atoms with Crippen molar-refractivity contribution in [2.24, 2.45) is 0 Å². The molecule has 0 aliphatic rings. The lowest BCUT2D eigenvalue weighted by atomic mass is 10.1. The maximum atomic E-state index is 12.7. The summed E-state index contributed by atoms with van der Waals surface area (Å²) in [6.45, 7) is 0.695. The fourth-order valence-electron chi connectivity index (χ4n) is 3.00. The largest absolute Gasteiger partial charge is 0.479 e. The van der Waals surface area contributed by atoms with Gasteiger partial charge in [0.1, 0.15) is 5.65 Å². The molecule has 7 heteroatoms. The minimum Gasteiger partial charge on any atom is -0.479 e. The van der Waals surface area contributed by atoms with E-state index in [-0.39, 0.29) is 0 Å². The summed E-state index contributed by atoms with van der Waals surface area (Å²) in [5.74, 6) is 0.682. The molecule has 0 radical (unpaired) electrons. The molecule has 2 aromatic heterocycles. The molecule has 0 spiro atoms. The average Bonchev–Trinajstić information content (AvgIpc) is 3.17. The Hall–Kier alpha value is -2.90. The zero-order valence-electron chi connectivity index (χ0n) is 14.6. The van der Waals surface area contributed by atoms with Gasteiger partial charge in [-0.25, -0.2) is 18.1 Å². The van der Waals surface area contributed by atoms with Crippen LogP contribution < -0.4 is 9.46 Å². The summed E-state index contributed by atoms with van der Waals surface area (Å²) in [6, 6.07) is 18.4. The molecule has 4 aromatic rings. The molecule has 6 nitrogen and oxygen atoms in total. The molecule has 0 atom stereocenters. The van der Waals surface area contributed by atoms with Gasteiger partial charge in [0.25, 0.3) is 0 Å². The number of hydrogen-bond acceptors (Lipinski definition) is 4. The molecule has 0 aliphatic heterocycles. The van der Waals surface area contributed by atoms with Crippen molar-refractivity contribution in [3.05, 3.63) is 73.1 Å². The van der Waals surface area contributed by atoms with E-state index in [0.717, 1.165) is 16.4 Å². The Kier molecular flexibility index (Phi) is 4.79. The average molecular weight is 381 g/mol. The van der Waals surface area contributed by atoms with Crippen LogP contribution in [-0.2, 0) is 10.0 Å². The number of fused-ring (bicyclic) bond motifs is 2. The van der Waals surface area contributed by atoms with Crippen molar-refractivity contribution in [2.45, 2.75) is 11.3 Å². The van der Waals surface area contributed by atoms with Crippen LogP contribution in [0.4, 0.5) is 0 Å². The van der Waals surface area contributed by atoms with Gasteiger partial charge in [-0.05, 0) is 30.0 Å². The Morgan fingerprint density at radius 1 is 1.00 bits per heavy atom. The van der Waals surface area contributed by atoms with Crippen LogP contribution in [0.15, 0.2) is 78.0 Å². The molecule has 138 valence electrons. The number of aromatic nitrogens is 2. The number of ether oxygens (including phenoxy) is 1. The van der Waals surface area contributed by atoms with E-state index in [1.165, 1.54) is 0 Å². The van der Waals surface area contributed by atoms with E-state index in [0.29, 0.717) is 30.3 Å². The summed E-state index contributed by atoms with van der Waals surface area (Å²) in [4.78, 5) is 4.50. The first-order chi connectivity index (χ1) is 13.1. The molecular weight excluding hydrogens is 362 g/mol. The van der Waals surface area contributed by atoms with E-state index in [1.54, 1.807) is 18.3 Å². The van der Waals surface area contributed by atoms with Gasteiger partial charge in [0.05, 0.1) is 11.5 Å². The highest BCUT2D eigenvalue weighted by atomic mass is 32.2. The van der Waals surface area contributed by atoms with Gasteiger partial charge in [-0.2, -0.15) is 0 Å². The fourth-order valence-corrected chi connectivity index (χ4v) is 4.30. The molecule has 0 aliphatic carbocycles. The number of rotatable bonds is 7. The number of sulfonamides is 1. The molecule has 4 rings (SSSR count). The highest BCUT2D eigenvalue weighted by molar-refractivity contribution is 7.89. The van der Waals surface area contributed by atoms with Gasteiger partial charge in [-0.1, -0.05) is 42.5 Å². The fraction of sp³-hybridized carbons (Fsp3) is 0.150. The molecule has 2 aromatic carbocycles. The molecule has 0 amide bonds. The lowest BCUT2D eigenvalue weighted by Crippen LogP contribution is -2.26. The smallest absolute Gasteiger partial charge is 0.241 e. The van der Waals surface area contributed by atoms with Crippen LogP contribution in [0.25, 0.3) is 16.4 Å². The van der Waals surface area contributed by atoms with Crippen LogP contribution in [0.3, 0.4) is 0 Å². The zero-order chi connectivity index (χ0) is 18.7. The lowest BCUT2D eigenvalue weighted by Gasteiger charge is -2.11. The first kappa shape index (κ1) is 17.5. The van der Waals surface area contributed by atoms with Crippen LogP contribution >= 0.6 is 0 Å². The monoisotopic (exact) mass is 381 g/mol. The van der Waals surface area contributed by atoms with Crippen molar-refractivity contribution in [2.75, 3.05) is 13.2 Å². The number of imidazole rings is 1. The molecule has 0 bridgehead atoms. The lowest BCUT2D eigenvalue weighted by molar-refractivity contribution is 0.296. The van der Waals surface area contributed by atoms with Crippen LogP contribution in [-0.4, -0.2) is 31.0 Å². The minimum atomic E-state index is -3.58. The quantitative estimate of drug-likeness (QED) is 0.499. The molecule has 2 heterocycles. The summed E-state index contributed by atoms with van der Waals surface area (Å²) >= 11 is 0. The zero-order valence-corrected chi connectivity index (χ0v) is 15.4. The van der Waals surface area contributed by atoms with Crippen molar-refractivity contribution in [1.82, 2.24) is 14.1 Å². The summed E-state index contributed by atoms with van der Waals surface area (Å²) in [6.07, 6.45) is 4.09. The highest BCUT2D eigenvalue weighted by Gasteiger charge is 2.16. The number of pyridine rings is 1. The van der Waals surface area contributed by atoms with Crippen LogP contribution in [0.1, 0.15) is 6.42 Å². The third kappa shape index (κ3) is 3.65. The van der Waals surface area contributed by atoms with E-state index in [2.05, 4.69) is 9.71 Å². The van der Waals surface area contributed by atoms with Gasteiger partial charge in [0, 0.05) is 24.3 Å². The molecular formula is C20H19N3O3S. The van der Waals surface area contributed by atoms with Crippen LogP contribution in [0, 0.1) is 0 Å². The summed E-state index contributed by atoms with van der Waals surface area (Å²) in [5.41, 5.74) is 0.809. The first-order valence-corrected chi connectivity index (χ1v) is 10.2. The number of benzene rings is 2. The van der Waals surface area contributed by atoms with Gasteiger partial charge in [-0.15, -0.1) is 0 Å². The van der Waals surface area contributed by atoms with Gasteiger partial charge in [0.2, 0.25) is 10.0 Å². The normalized spacial score (nSPS) is 11.9. The Morgan fingerprint density at radius 2 is 1.81 bits per heavy atom. The third-order valence-corrected chi connectivity index (χ3v) is 5.81. The highest BCUT2D eigenvalue weighted by Crippen LogP contribution is 2.22. The second kappa shape index (κ2) is 7.38. The van der Waals surface area contributed by atoms with Gasteiger partial charge < -0.3 is 4.74 Å². The Morgan fingerprint density at radius 3 is 2.74 bits per heavy atom. The Bertz CT molecular complexity index is 1180. The van der Waals surface area contributed by atoms with E-state index in [9.17, 15) is 8.42 Å². The van der Waals surface area contributed by atoms with Crippen molar-refractivity contribution >= 4 is 26.4 Å². The minimum absolute atomic E-state index is 0.296. The summed E-state index contributed by atoms with van der Waals surface area (Å²) < 4.78 is 35.6. The molecule has 27 heavy (non-hydrogen) atoms. The van der Waals surface area contributed by atoms with Gasteiger partial charge in [-0.3, -0.25) is 4.40 Å². The molecule has 0 fully saturated rings. The summed E-state index contributed by atoms with van der Waals surface area (Å²) in [5, 5.41) is 1.62. The van der Waals surface area contributed by atoms with E-state index in [1.807, 2.05) is 59.1 Å². The van der Waals surface area contributed by atoms with Crippen molar-refractivity contribution in [3.8, 4) is 5.88 Å². The number of nitrogens with zero attached hydrogens (tertiary/aromatic N) is 2. The van der Waals surface area contributed by atoms with E-state index >= 15 is 0 Å². The second-order valence-electron chi connectivity index (χ2n) is 6.10. The first-order valence-electron chi connectivity index (χ1n) is 8.67. The summed E-state index contributed by atoms with van der Waals surface area (Å²) in [7, 11) is -3.58. The predicted molar refractivity (Wildman–Crippen MR) is 104 cm³/mol. The predicted octanol–water partition coefficient (Wildman–Crippen LogP) is 3.23. The molecule has 0 saturated carbocycles. The Labute approximate surface area is 157 Å². The van der Waals surface area contributed by atoms with Crippen molar-refractivity contribution in [1.29, 1.82) is 0 Å². The van der Waals surface area contributed by atoms with Gasteiger partial charge in [0.15, 0.2) is 5.88 Å². The molecule has 0 unspecified atom stereocenters.